The fourth-order valence-electron chi connectivity index (χ4n) is 0.939. The van der Waals surface area contributed by atoms with Gasteiger partial charge in [0, 0.05) is 19.0 Å². The maximum absolute atomic E-state index is 11.5. The molecule has 0 atom stereocenters. The summed E-state index contributed by atoms with van der Waals surface area (Å²) in [6.07, 6.45) is 0. The van der Waals surface area contributed by atoms with Gasteiger partial charge in [0.2, 0.25) is 0 Å². The molecule has 1 aromatic rings. The molecule has 15 heavy (non-hydrogen) atoms. The zero-order chi connectivity index (χ0) is 11.4. The van der Waals surface area contributed by atoms with Crippen LogP contribution in [0.5, 0.6) is 0 Å². The van der Waals surface area contributed by atoms with Crippen LogP contribution < -0.4 is 5.32 Å². The Bertz CT molecular complexity index is 335. The minimum Gasteiger partial charge on any atom is -0.328 e. The smallest absolute Gasteiger partial charge is 0.323 e. The van der Waals surface area contributed by atoms with Crippen molar-refractivity contribution in [2.45, 2.75) is 26.7 Å². The van der Waals surface area contributed by atoms with E-state index in [9.17, 15) is 4.79 Å². The van der Waals surface area contributed by atoms with Gasteiger partial charge in [-0.1, -0.05) is 13.8 Å². The Morgan fingerprint density at radius 2 is 2.33 bits per heavy atom. The number of thiazole rings is 1. The van der Waals surface area contributed by atoms with Gasteiger partial charge in [0.25, 0.3) is 0 Å². The molecule has 2 amide bonds. The molecule has 0 aliphatic rings. The van der Waals surface area contributed by atoms with Crippen LogP contribution in [0.4, 0.5) is 9.93 Å². The largest absolute Gasteiger partial charge is 0.328 e. The molecule has 1 rings (SSSR count). The van der Waals surface area contributed by atoms with Crippen molar-refractivity contribution < 1.29 is 4.79 Å². The molecule has 4 nitrogen and oxygen atoms in total. The van der Waals surface area contributed by atoms with Crippen molar-refractivity contribution in [3.63, 3.8) is 0 Å². The molecule has 0 aliphatic heterocycles. The van der Waals surface area contributed by atoms with Crippen molar-refractivity contribution in [1.82, 2.24) is 9.88 Å². The van der Waals surface area contributed by atoms with E-state index in [2.05, 4.69) is 24.1 Å². The molecule has 0 fully saturated rings. The van der Waals surface area contributed by atoms with Gasteiger partial charge in [-0.3, -0.25) is 5.32 Å². The molecule has 5 heteroatoms. The standard InChI is InChI=1S/C10H17N3OS/c1-5-13(4)10(14)12-9-11-8(6-15-9)7(2)3/h6-7H,5H2,1-4H3,(H,11,12,14). The van der Waals surface area contributed by atoms with Crippen molar-refractivity contribution >= 4 is 22.5 Å². The molecule has 1 N–H and O–H groups in total. The first-order chi connectivity index (χ1) is 7.04. The van der Waals surface area contributed by atoms with Crippen LogP contribution in [0.1, 0.15) is 32.4 Å². The lowest BCUT2D eigenvalue weighted by molar-refractivity contribution is 0.224. The zero-order valence-electron chi connectivity index (χ0n) is 9.57. The van der Waals surface area contributed by atoms with Crippen LogP contribution in [0.15, 0.2) is 5.38 Å². The highest BCUT2D eigenvalue weighted by Gasteiger charge is 2.10. The van der Waals surface area contributed by atoms with Crippen LogP contribution >= 0.6 is 11.3 Å². The van der Waals surface area contributed by atoms with E-state index in [4.69, 9.17) is 0 Å². The van der Waals surface area contributed by atoms with Crippen LogP contribution in [0.2, 0.25) is 0 Å². The van der Waals surface area contributed by atoms with E-state index >= 15 is 0 Å². The maximum Gasteiger partial charge on any atom is 0.323 e. The van der Waals surface area contributed by atoms with E-state index in [0.29, 0.717) is 17.6 Å². The summed E-state index contributed by atoms with van der Waals surface area (Å²) in [7, 11) is 1.76. The number of aromatic nitrogens is 1. The number of hydrogen-bond donors (Lipinski definition) is 1. The molecule has 1 aromatic heterocycles. The van der Waals surface area contributed by atoms with Crippen molar-refractivity contribution in [3.8, 4) is 0 Å². The average Bonchev–Trinajstić information content (AvgIpc) is 2.65. The van der Waals surface area contributed by atoms with E-state index in [1.165, 1.54) is 11.3 Å². The van der Waals surface area contributed by atoms with Crippen LogP contribution in [-0.2, 0) is 0 Å². The van der Waals surface area contributed by atoms with Crippen LogP contribution in [-0.4, -0.2) is 29.5 Å². The van der Waals surface area contributed by atoms with E-state index in [0.717, 1.165) is 5.69 Å². The summed E-state index contributed by atoms with van der Waals surface area (Å²) in [6, 6.07) is -0.109. The van der Waals surface area contributed by atoms with Gasteiger partial charge in [0.1, 0.15) is 0 Å². The van der Waals surface area contributed by atoms with Crippen molar-refractivity contribution in [2.75, 3.05) is 18.9 Å². The quantitative estimate of drug-likeness (QED) is 0.863. The van der Waals surface area contributed by atoms with Crippen molar-refractivity contribution in [3.05, 3.63) is 11.1 Å². The molecule has 0 radical (unpaired) electrons. The topological polar surface area (TPSA) is 45.2 Å². The van der Waals surface area contributed by atoms with Gasteiger partial charge in [-0.15, -0.1) is 11.3 Å². The predicted octanol–water partition coefficient (Wildman–Crippen LogP) is 2.75. The molecule has 0 aromatic carbocycles. The summed E-state index contributed by atoms with van der Waals surface area (Å²) in [4.78, 5) is 17.4. The van der Waals surface area contributed by atoms with E-state index in [-0.39, 0.29) is 6.03 Å². The van der Waals surface area contributed by atoms with Gasteiger partial charge in [-0.05, 0) is 12.8 Å². The molecule has 0 saturated heterocycles. The number of hydrogen-bond acceptors (Lipinski definition) is 3. The Labute approximate surface area is 94.3 Å². The Hall–Kier alpha value is -1.10. The summed E-state index contributed by atoms with van der Waals surface area (Å²) in [5.41, 5.74) is 1.02. The van der Waals surface area contributed by atoms with E-state index in [1.807, 2.05) is 12.3 Å². The third-order valence-electron chi connectivity index (χ3n) is 2.15. The first-order valence-electron chi connectivity index (χ1n) is 5.02. The second kappa shape index (κ2) is 5.11. The van der Waals surface area contributed by atoms with Gasteiger partial charge in [0.05, 0.1) is 5.69 Å². The lowest BCUT2D eigenvalue weighted by atomic mass is 10.2. The monoisotopic (exact) mass is 227 g/mol. The second-order valence-corrected chi connectivity index (χ2v) is 4.53. The summed E-state index contributed by atoms with van der Waals surface area (Å²) in [6.45, 7) is 6.78. The Kier molecular flexibility index (Phi) is 4.08. The fourth-order valence-corrected chi connectivity index (χ4v) is 1.80. The first kappa shape index (κ1) is 12.0. The minimum absolute atomic E-state index is 0.109. The molecule has 0 spiro atoms. The predicted molar refractivity (Wildman–Crippen MR) is 63.5 cm³/mol. The molecule has 0 unspecified atom stereocenters. The number of nitrogens with one attached hydrogen (secondary N) is 1. The van der Waals surface area contributed by atoms with Gasteiger partial charge in [0.15, 0.2) is 5.13 Å². The first-order valence-corrected chi connectivity index (χ1v) is 5.90. The maximum atomic E-state index is 11.5. The lowest BCUT2D eigenvalue weighted by Crippen LogP contribution is -2.30. The Morgan fingerprint density at radius 1 is 1.67 bits per heavy atom. The van der Waals surface area contributed by atoms with Crippen molar-refractivity contribution in [1.29, 1.82) is 0 Å². The number of amides is 2. The molecule has 84 valence electrons. The summed E-state index contributed by atoms with van der Waals surface area (Å²) in [5, 5.41) is 5.41. The highest BCUT2D eigenvalue weighted by Crippen LogP contribution is 2.21. The summed E-state index contributed by atoms with van der Waals surface area (Å²) >= 11 is 1.46. The third-order valence-corrected chi connectivity index (χ3v) is 2.92. The highest BCUT2D eigenvalue weighted by atomic mass is 32.1. The third kappa shape index (κ3) is 3.20. The SMILES string of the molecule is CCN(C)C(=O)Nc1nc(C(C)C)cs1. The molecule has 0 bridgehead atoms. The summed E-state index contributed by atoms with van der Waals surface area (Å²) in [5.74, 6) is 0.399. The van der Waals surface area contributed by atoms with Gasteiger partial charge >= 0.3 is 6.03 Å². The van der Waals surface area contributed by atoms with Crippen LogP contribution in [0.25, 0.3) is 0 Å². The average molecular weight is 227 g/mol. The zero-order valence-corrected chi connectivity index (χ0v) is 10.4. The molecular weight excluding hydrogens is 210 g/mol. The van der Waals surface area contributed by atoms with Crippen molar-refractivity contribution in [2.24, 2.45) is 0 Å². The Morgan fingerprint density at radius 3 is 2.80 bits per heavy atom. The molecule has 0 saturated carbocycles. The summed E-state index contributed by atoms with van der Waals surface area (Å²) < 4.78 is 0. The van der Waals surface area contributed by atoms with E-state index in [1.54, 1.807) is 11.9 Å². The number of carbonyl (C=O) groups is 1. The second-order valence-electron chi connectivity index (χ2n) is 3.68. The number of carbonyl (C=O) groups excluding carboxylic acids is 1. The van der Waals surface area contributed by atoms with Crippen LogP contribution in [0, 0.1) is 0 Å². The number of rotatable bonds is 3. The lowest BCUT2D eigenvalue weighted by Gasteiger charge is -2.13. The number of urea groups is 1. The molecular formula is C10H17N3OS. The highest BCUT2D eigenvalue weighted by molar-refractivity contribution is 7.13. The fraction of sp³-hybridized carbons (Fsp3) is 0.600. The van der Waals surface area contributed by atoms with Gasteiger partial charge < -0.3 is 4.90 Å². The molecule has 0 aliphatic carbocycles. The van der Waals surface area contributed by atoms with Gasteiger partial charge in [-0.2, -0.15) is 0 Å². The number of nitrogens with zero attached hydrogens (tertiary/aromatic N) is 2. The Balaban J connectivity index is 2.61. The van der Waals surface area contributed by atoms with E-state index < -0.39 is 0 Å². The normalized spacial score (nSPS) is 10.5. The molecule has 1 heterocycles. The minimum atomic E-state index is -0.109. The van der Waals surface area contributed by atoms with Gasteiger partial charge in [-0.25, -0.2) is 9.78 Å². The number of anilines is 1. The van der Waals surface area contributed by atoms with Crippen LogP contribution in [0.3, 0.4) is 0 Å².